The first-order valence-corrected chi connectivity index (χ1v) is 7.53. The van der Waals surface area contributed by atoms with Crippen molar-refractivity contribution < 1.29 is 9.53 Å². The third kappa shape index (κ3) is 2.97. The number of fused-ring (bicyclic) bond motifs is 2. The Kier molecular flexibility index (Phi) is 3.73. The van der Waals surface area contributed by atoms with E-state index in [0.29, 0.717) is 18.1 Å². The summed E-state index contributed by atoms with van der Waals surface area (Å²) in [6.45, 7) is 0. The molecule has 3 rings (SSSR count). The maximum Gasteiger partial charge on any atom is 0.407 e. The molecule has 1 aliphatic carbocycles. The summed E-state index contributed by atoms with van der Waals surface area (Å²) in [5.74, 6) is 0. The van der Waals surface area contributed by atoms with Crippen molar-refractivity contribution in [2.75, 3.05) is 0 Å². The number of alkyl carbamates (subject to hydrolysis) is 1. The Bertz CT molecular complexity index is 290. The minimum Gasteiger partial charge on any atom is -0.446 e. The fourth-order valence-corrected chi connectivity index (χ4v) is 3.70. The molecule has 18 heavy (non-hydrogen) atoms. The largest absolute Gasteiger partial charge is 0.446 e. The lowest BCUT2D eigenvalue weighted by Gasteiger charge is -2.30. The number of ether oxygens (including phenoxy) is 1. The topological polar surface area (TPSA) is 50.4 Å². The third-order valence-electron chi connectivity index (χ3n) is 4.63. The number of carbonyl (C=O) groups is 1. The molecular formula is C14H24N2O2. The van der Waals surface area contributed by atoms with E-state index in [1.807, 2.05) is 0 Å². The molecule has 2 saturated heterocycles. The Labute approximate surface area is 109 Å². The average Bonchev–Trinajstić information content (AvgIpc) is 2.70. The van der Waals surface area contributed by atoms with Gasteiger partial charge in [0, 0.05) is 18.1 Å². The summed E-state index contributed by atoms with van der Waals surface area (Å²) in [4.78, 5) is 11.9. The first kappa shape index (κ1) is 12.3. The monoisotopic (exact) mass is 252 g/mol. The van der Waals surface area contributed by atoms with E-state index in [1.54, 1.807) is 0 Å². The minimum absolute atomic E-state index is 0.132. The van der Waals surface area contributed by atoms with Crippen LogP contribution in [0.3, 0.4) is 0 Å². The van der Waals surface area contributed by atoms with E-state index < -0.39 is 0 Å². The molecule has 1 saturated carbocycles. The molecule has 0 radical (unpaired) electrons. The molecule has 4 heteroatoms. The Morgan fingerprint density at radius 3 is 2.33 bits per heavy atom. The van der Waals surface area contributed by atoms with Gasteiger partial charge in [0.05, 0.1) is 0 Å². The third-order valence-corrected chi connectivity index (χ3v) is 4.63. The van der Waals surface area contributed by atoms with Gasteiger partial charge in [-0.1, -0.05) is 19.3 Å². The molecule has 0 aromatic rings. The lowest BCUT2D eigenvalue weighted by molar-refractivity contribution is 0.0637. The molecule has 2 N–H and O–H groups in total. The second-order valence-electron chi connectivity index (χ2n) is 6.12. The van der Waals surface area contributed by atoms with E-state index in [1.165, 1.54) is 32.1 Å². The maximum atomic E-state index is 11.9. The van der Waals surface area contributed by atoms with Crippen LogP contribution in [-0.4, -0.2) is 30.3 Å². The van der Waals surface area contributed by atoms with Crippen molar-refractivity contribution in [1.29, 1.82) is 0 Å². The summed E-state index contributed by atoms with van der Waals surface area (Å²) in [5, 5.41) is 6.60. The summed E-state index contributed by atoms with van der Waals surface area (Å²) < 4.78 is 5.58. The van der Waals surface area contributed by atoms with Gasteiger partial charge in [-0.3, -0.25) is 0 Å². The predicted molar refractivity (Wildman–Crippen MR) is 69.5 cm³/mol. The van der Waals surface area contributed by atoms with Crippen LogP contribution in [-0.2, 0) is 4.74 Å². The molecule has 102 valence electrons. The van der Waals surface area contributed by atoms with E-state index in [0.717, 1.165) is 25.7 Å². The number of hydrogen-bond donors (Lipinski definition) is 2. The number of piperidine rings is 1. The predicted octanol–water partition coefficient (Wildman–Crippen LogP) is 2.33. The van der Waals surface area contributed by atoms with Crippen LogP contribution in [0.25, 0.3) is 0 Å². The van der Waals surface area contributed by atoms with Crippen LogP contribution in [0.1, 0.15) is 57.8 Å². The quantitative estimate of drug-likeness (QED) is 0.793. The fraction of sp³-hybridized carbons (Fsp3) is 0.929. The van der Waals surface area contributed by atoms with Gasteiger partial charge in [-0.2, -0.15) is 0 Å². The van der Waals surface area contributed by atoms with Crippen LogP contribution < -0.4 is 10.6 Å². The molecule has 2 atom stereocenters. The van der Waals surface area contributed by atoms with Gasteiger partial charge in [-0.25, -0.2) is 4.79 Å². The highest BCUT2D eigenvalue weighted by Gasteiger charge is 2.35. The number of carbonyl (C=O) groups excluding carboxylic acids is 1. The van der Waals surface area contributed by atoms with Crippen LogP contribution in [0.4, 0.5) is 4.79 Å². The molecule has 0 aromatic carbocycles. The fourth-order valence-electron chi connectivity index (χ4n) is 3.70. The van der Waals surface area contributed by atoms with Gasteiger partial charge in [-0.15, -0.1) is 0 Å². The summed E-state index contributed by atoms with van der Waals surface area (Å²) in [6, 6.07) is 1.51. The molecule has 0 aromatic heterocycles. The maximum absolute atomic E-state index is 11.9. The Morgan fingerprint density at radius 1 is 1.00 bits per heavy atom. The molecule has 2 heterocycles. The second kappa shape index (κ2) is 5.47. The van der Waals surface area contributed by atoms with Crippen LogP contribution in [0.15, 0.2) is 0 Å². The second-order valence-corrected chi connectivity index (χ2v) is 6.12. The Hall–Kier alpha value is -0.770. The lowest BCUT2D eigenvalue weighted by Crippen LogP contribution is -2.44. The molecule has 2 bridgehead atoms. The van der Waals surface area contributed by atoms with Gasteiger partial charge in [-0.05, 0) is 38.5 Å². The Morgan fingerprint density at radius 2 is 1.67 bits per heavy atom. The molecule has 4 nitrogen and oxygen atoms in total. The minimum atomic E-state index is -0.187. The van der Waals surface area contributed by atoms with E-state index in [-0.39, 0.29) is 12.2 Å². The first-order valence-electron chi connectivity index (χ1n) is 7.53. The van der Waals surface area contributed by atoms with E-state index in [2.05, 4.69) is 10.6 Å². The number of rotatable bonds is 2. The molecule has 3 aliphatic rings. The van der Waals surface area contributed by atoms with Crippen molar-refractivity contribution in [3.8, 4) is 0 Å². The molecule has 3 fully saturated rings. The van der Waals surface area contributed by atoms with E-state index in [4.69, 9.17) is 4.74 Å². The van der Waals surface area contributed by atoms with Gasteiger partial charge < -0.3 is 15.4 Å². The van der Waals surface area contributed by atoms with Crippen molar-refractivity contribution in [2.24, 2.45) is 0 Å². The Balaban J connectivity index is 1.43. The number of hydrogen-bond acceptors (Lipinski definition) is 3. The smallest absolute Gasteiger partial charge is 0.407 e. The zero-order chi connectivity index (χ0) is 12.4. The molecule has 2 unspecified atom stereocenters. The lowest BCUT2D eigenvalue weighted by atomic mass is 9.96. The highest BCUT2D eigenvalue weighted by Crippen LogP contribution is 2.28. The van der Waals surface area contributed by atoms with Gasteiger partial charge in [0.1, 0.15) is 6.10 Å². The van der Waals surface area contributed by atoms with Crippen molar-refractivity contribution >= 4 is 6.09 Å². The zero-order valence-electron chi connectivity index (χ0n) is 11.0. The van der Waals surface area contributed by atoms with Gasteiger partial charge in [0.2, 0.25) is 0 Å². The standard InChI is InChI=1S/C14H24N2O2/c17-14(16-10-4-2-1-3-5-10)18-13-8-11-6-7-12(9-13)15-11/h10-13,15H,1-9H2,(H,16,17). The summed E-state index contributed by atoms with van der Waals surface area (Å²) in [7, 11) is 0. The van der Waals surface area contributed by atoms with Gasteiger partial charge in [0.25, 0.3) is 0 Å². The van der Waals surface area contributed by atoms with Crippen molar-refractivity contribution in [3.05, 3.63) is 0 Å². The average molecular weight is 252 g/mol. The van der Waals surface area contributed by atoms with Crippen molar-refractivity contribution in [3.63, 3.8) is 0 Å². The highest BCUT2D eigenvalue weighted by atomic mass is 16.6. The number of amides is 1. The summed E-state index contributed by atoms with van der Waals surface area (Å²) >= 11 is 0. The van der Waals surface area contributed by atoms with Crippen molar-refractivity contribution in [2.45, 2.75) is 82.0 Å². The normalized spacial score (nSPS) is 36.3. The van der Waals surface area contributed by atoms with Gasteiger partial charge in [0.15, 0.2) is 0 Å². The van der Waals surface area contributed by atoms with Gasteiger partial charge >= 0.3 is 6.09 Å². The summed E-state index contributed by atoms with van der Waals surface area (Å²) in [5.41, 5.74) is 0. The van der Waals surface area contributed by atoms with Crippen molar-refractivity contribution in [1.82, 2.24) is 10.6 Å². The zero-order valence-corrected chi connectivity index (χ0v) is 11.0. The first-order chi connectivity index (χ1) is 8.79. The van der Waals surface area contributed by atoms with Crippen LogP contribution in [0.5, 0.6) is 0 Å². The molecule has 1 amide bonds. The summed E-state index contributed by atoms with van der Waals surface area (Å²) in [6.07, 6.45) is 10.4. The van der Waals surface area contributed by atoms with E-state index >= 15 is 0 Å². The van der Waals surface area contributed by atoms with Crippen LogP contribution in [0, 0.1) is 0 Å². The number of nitrogens with one attached hydrogen (secondary N) is 2. The molecule has 2 aliphatic heterocycles. The SMILES string of the molecule is O=C(NC1CCCCC1)OC1CC2CCC(C1)N2. The van der Waals surface area contributed by atoms with Crippen LogP contribution in [0.2, 0.25) is 0 Å². The molecular weight excluding hydrogens is 228 g/mol. The van der Waals surface area contributed by atoms with E-state index in [9.17, 15) is 4.79 Å². The molecule has 0 spiro atoms. The van der Waals surface area contributed by atoms with Crippen LogP contribution >= 0.6 is 0 Å². The highest BCUT2D eigenvalue weighted by molar-refractivity contribution is 5.67.